The van der Waals surface area contributed by atoms with Gasteiger partial charge in [0.25, 0.3) is 0 Å². The van der Waals surface area contributed by atoms with Crippen molar-refractivity contribution in [3.8, 4) is 5.75 Å². The minimum absolute atomic E-state index is 0.101. The Kier molecular flexibility index (Phi) is 7.46. The fraction of sp³-hybridized carbons (Fsp3) is 0.100. The maximum atomic E-state index is 12.4. The van der Waals surface area contributed by atoms with Crippen molar-refractivity contribution in [2.45, 2.75) is 16.5 Å². The second kappa shape index (κ2) is 10.1. The number of nitrogens with zero attached hydrogens (tertiary/aromatic N) is 3. The van der Waals surface area contributed by atoms with Gasteiger partial charge in [-0.25, -0.2) is 9.97 Å². The molecule has 0 saturated heterocycles. The van der Waals surface area contributed by atoms with Crippen LogP contribution in [0, 0.1) is 7.14 Å². The number of fused-ring (bicyclic) bond motifs is 1. The van der Waals surface area contributed by atoms with E-state index in [0.29, 0.717) is 10.7 Å². The number of phenols is 1. The Morgan fingerprint density at radius 2 is 2.16 bits per heavy atom. The van der Waals surface area contributed by atoms with Crippen LogP contribution in [0.3, 0.4) is 0 Å². The number of nitrogens with one attached hydrogen (secondary N) is 1. The molecule has 1 atom stereocenters. The molecule has 11 heteroatoms. The number of aromatic nitrogens is 2. The third-order valence-electron chi connectivity index (χ3n) is 4.07. The molecular weight excluding hydrogens is 678 g/mol. The van der Waals surface area contributed by atoms with Crippen molar-refractivity contribution in [1.82, 2.24) is 9.97 Å². The Balaban J connectivity index is 1.49. The lowest BCUT2D eigenvalue weighted by atomic mass is 10.2. The van der Waals surface area contributed by atoms with E-state index in [1.165, 1.54) is 34.4 Å². The highest BCUT2D eigenvalue weighted by molar-refractivity contribution is 14.1. The van der Waals surface area contributed by atoms with E-state index < -0.39 is 0 Å². The van der Waals surface area contributed by atoms with Gasteiger partial charge in [-0.1, -0.05) is 11.8 Å². The highest BCUT2D eigenvalue weighted by Gasteiger charge is 2.18. The van der Waals surface area contributed by atoms with Gasteiger partial charge in [0.2, 0.25) is 5.91 Å². The molecule has 4 rings (SSSR count). The standard InChI is InChI=1S/C20H14I2N4O2S3/c1-10(18(28)26-19-23-4-5-29-19)30-20-25-15-3-2-13(8-16(15)31-20)24-9-11-6-12(21)7-14(22)17(11)27/h2-10,27H,1H3,(H,23,26,28)/t10-/m1/s1. The average Bonchev–Trinajstić information content (AvgIpc) is 3.38. The highest BCUT2D eigenvalue weighted by atomic mass is 127. The summed E-state index contributed by atoms with van der Waals surface area (Å²) in [6.07, 6.45) is 3.33. The number of halogens is 2. The number of thioether (sulfide) groups is 1. The lowest BCUT2D eigenvalue weighted by molar-refractivity contribution is -0.115. The first kappa shape index (κ1) is 22.9. The Morgan fingerprint density at radius 3 is 2.94 bits per heavy atom. The molecule has 2 aromatic heterocycles. The lowest BCUT2D eigenvalue weighted by Crippen LogP contribution is -2.22. The number of anilines is 1. The number of rotatable bonds is 6. The average molecular weight is 692 g/mol. The van der Waals surface area contributed by atoms with Crippen molar-refractivity contribution in [3.05, 3.63) is 54.6 Å². The van der Waals surface area contributed by atoms with Crippen LogP contribution < -0.4 is 5.32 Å². The quantitative estimate of drug-likeness (QED) is 0.136. The number of amides is 1. The summed E-state index contributed by atoms with van der Waals surface area (Å²) in [6, 6.07) is 9.57. The summed E-state index contributed by atoms with van der Waals surface area (Å²) in [6.45, 7) is 1.85. The molecule has 0 radical (unpaired) electrons. The molecule has 31 heavy (non-hydrogen) atoms. The Labute approximate surface area is 217 Å². The summed E-state index contributed by atoms with van der Waals surface area (Å²) in [7, 11) is 0. The number of aromatic hydroxyl groups is 1. The summed E-state index contributed by atoms with van der Waals surface area (Å²) >= 11 is 8.66. The van der Waals surface area contributed by atoms with Gasteiger partial charge in [-0.3, -0.25) is 9.79 Å². The third kappa shape index (κ3) is 5.74. The summed E-state index contributed by atoms with van der Waals surface area (Å²) < 4.78 is 3.64. The van der Waals surface area contributed by atoms with E-state index in [1.54, 1.807) is 12.4 Å². The van der Waals surface area contributed by atoms with E-state index in [2.05, 4.69) is 65.5 Å². The van der Waals surface area contributed by atoms with Gasteiger partial charge in [-0.15, -0.1) is 22.7 Å². The predicted octanol–water partition coefficient (Wildman–Crippen LogP) is 6.54. The van der Waals surface area contributed by atoms with E-state index >= 15 is 0 Å². The zero-order chi connectivity index (χ0) is 22.0. The molecule has 6 nitrogen and oxygen atoms in total. The van der Waals surface area contributed by atoms with Crippen LogP contribution in [0.2, 0.25) is 0 Å². The first-order valence-corrected chi connectivity index (χ1v) is 13.6. The molecule has 1 amide bonds. The molecule has 0 saturated carbocycles. The van der Waals surface area contributed by atoms with Crippen molar-refractivity contribution in [3.63, 3.8) is 0 Å². The minimum atomic E-state index is -0.298. The zero-order valence-corrected chi connectivity index (χ0v) is 22.6. The summed E-state index contributed by atoms with van der Waals surface area (Å²) in [5.74, 6) is 0.128. The second-order valence-electron chi connectivity index (χ2n) is 6.30. The van der Waals surface area contributed by atoms with Crippen molar-refractivity contribution in [2.24, 2.45) is 4.99 Å². The molecule has 2 N–H and O–H groups in total. The number of benzene rings is 2. The van der Waals surface area contributed by atoms with Crippen LogP contribution in [0.4, 0.5) is 10.8 Å². The van der Waals surface area contributed by atoms with Gasteiger partial charge < -0.3 is 10.4 Å². The maximum absolute atomic E-state index is 12.4. The number of thiazole rings is 2. The van der Waals surface area contributed by atoms with Gasteiger partial charge in [0.15, 0.2) is 9.47 Å². The Bertz CT molecular complexity index is 1280. The number of aliphatic imine (C=N–C) groups is 1. The molecule has 2 heterocycles. The number of carbonyl (C=O) groups excluding carboxylic acids is 1. The van der Waals surface area contributed by atoms with Gasteiger partial charge in [0.1, 0.15) is 5.75 Å². The SMILES string of the molecule is C[C@@H](Sc1nc2ccc(N=Cc3cc(I)cc(I)c3O)cc2s1)C(=O)Nc1nccs1. The van der Waals surface area contributed by atoms with Gasteiger partial charge in [-0.05, 0) is 82.4 Å². The summed E-state index contributed by atoms with van der Waals surface area (Å²) in [4.78, 5) is 25.6. The number of carbonyl (C=O) groups is 1. The smallest absolute Gasteiger partial charge is 0.239 e. The van der Waals surface area contributed by atoms with Gasteiger partial charge in [0.05, 0.1) is 24.7 Å². The molecule has 0 aliphatic heterocycles. The van der Waals surface area contributed by atoms with Crippen LogP contribution in [0.1, 0.15) is 12.5 Å². The van der Waals surface area contributed by atoms with Crippen LogP contribution in [0.5, 0.6) is 5.75 Å². The van der Waals surface area contributed by atoms with Crippen molar-refractivity contribution >= 4 is 113 Å². The first-order valence-electron chi connectivity index (χ1n) is 8.89. The fourth-order valence-electron chi connectivity index (χ4n) is 2.55. The van der Waals surface area contributed by atoms with Crippen molar-refractivity contribution < 1.29 is 9.90 Å². The molecule has 0 fully saturated rings. The van der Waals surface area contributed by atoms with Crippen LogP contribution >= 0.6 is 79.6 Å². The number of hydrogen-bond donors (Lipinski definition) is 2. The number of phenolic OH excluding ortho intramolecular Hbond substituents is 1. The molecule has 0 aliphatic rings. The van der Waals surface area contributed by atoms with E-state index in [9.17, 15) is 9.90 Å². The summed E-state index contributed by atoms with van der Waals surface area (Å²) in [5, 5.41) is 15.2. The van der Waals surface area contributed by atoms with Crippen LogP contribution in [-0.2, 0) is 4.79 Å². The molecule has 0 unspecified atom stereocenters. The Morgan fingerprint density at radius 1 is 1.32 bits per heavy atom. The zero-order valence-electron chi connectivity index (χ0n) is 15.9. The van der Waals surface area contributed by atoms with Crippen molar-refractivity contribution in [1.29, 1.82) is 0 Å². The monoisotopic (exact) mass is 692 g/mol. The largest absolute Gasteiger partial charge is 0.506 e. The van der Waals surface area contributed by atoms with E-state index in [4.69, 9.17) is 0 Å². The molecular formula is C20H14I2N4O2S3. The topological polar surface area (TPSA) is 87.5 Å². The Hall–Kier alpha value is -1.29. The molecule has 0 bridgehead atoms. The van der Waals surface area contributed by atoms with Crippen LogP contribution in [0.25, 0.3) is 10.2 Å². The van der Waals surface area contributed by atoms with Crippen LogP contribution in [0.15, 0.2) is 51.2 Å². The van der Waals surface area contributed by atoms with Crippen LogP contribution in [-0.4, -0.2) is 32.4 Å². The maximum Gasteiger partial charge on any atom is 0.239 e. The van der Waals surface area contributed by atoms with E-state index in [0.717, 1.165) is 27.4 Å². The van der Waals surface area contributed by atoms with Gasteiger partial charge in [-0.2, -0.15) is 0 Å². The highest BCUT2D eigenvalue weighted by Crippen LogP contribution is 2.34. The van der Waals surface area contributed by atoms with E-state index in [-0.39, 0.29) is 16.9 Å². The van der Waals surface area contributed by atoms with E-state index in [1.807, 2.05) is 42.6 Å². The van der Waals surface area contributed by atoms with Gasteiger partial charge >= 0.3 is 0 Å². The first-order chi connectivity index (χ1) is 14.9. The molecule has 4 aromatic rings. The fourth-order valence-corrected chi connectivity index (χ4v) is 7.21. The minimum Gasteiger partial charge on any atom is -0.506 e. The molecule has 158 valence electrons. The van der Waals surface area contributed by atoms with Crippen molar-refractivity contribution in [2.75, 3.05) is 5.32 Å². The summed E-state index contributed by atoms with van der Waals surface area (Å²) in [5.41, 5.74) is 2.32. The second-order valence-corrected chi connectivity index (χ2v) is 12.2. The molecule has 0 aliphatic carbocycles. The normalized spacial score (nSPS) is 12.5. The number of hydrogen-bond acceptors (Lipinski definition) is 8. The molecule has 0 spiro atoms. The van der Waals surface area contributed by atoms with Gasteiger partial charge in [0, 0.05) is 26.9 Å². The third-order valence-corrected chi connectivity index (χ3v) is 8.42. The lowest BCUT2D eigenvalue weighted by Gasteiger charge is -2.07. The molecule has 2 aromatic carbocycles. The predicted molar refractivity (Wildman–Crippen MR) is 146 cm³/mol.